The van der Waals surface area contributed by atoms with E-state index in [1.807, 2.05) is 12.3 Å². The largest absolute Gasteiger partial charge is 0.359 e. The van der Waals surface area contributed by atoms with Crippen molar-refractivity contribution in [2.24, 2.45) is 5.92 Å². The number of pyridine rings is 1. The molecule has 1 atom stereocenters. The Bertz CT molecular complexity index is 786. The summed E-state index contributed by atoms with van der Waals surface area (Å²) in [6.45, 7) is 5.15. The molecule has 5 rings (SSSR count). The number of nitrogens with zero attached hydrogens (tertiary/aromatic N) is 1. The second kappa shape index (κ2) is 5.21. The highest BCUT2D eigenvalue weighted by atomic mass is 32.1. The van der Waals surface area contributed by atoms with E-state index in [1.54, 1.807) is 6.20 Å². The molecule has 3 fully saturated rings. The molecular formula is C16H19N3O2S. The minimum atomic E-state index is -0.243. The molecule has 2 N–H and O–H groups in total. The number of H-pyrrole nitrogens is 1. The monoisotopic (exact) mass is 317 g/mol. The third-order valence-electron chi connectivity index (χ3n) is 5.00. The summed E-state index contributed by atoms with van der Waals surface area (Å²) in [5.41, 5.74) is 1.95. The van der Waals surface area contributed by atoms with Crippen molar-refractivity contribution in [2.45, 2.75) is 25.8 Å². The van der Waals surface area contributed by atoms with Crippen LogP contribution >= 0.6 is 11.3 Å². The van der Waals surface area contributed by atoms with E-state index in [4.69, 9.17) is 0 Å². The average Bonchev–Trinajstić information content (AvgIpc) is 2.91. The van der Waals surface area contributed by atoms with Crippen LogP contribution in [0.15, 0.2) is 16.4 Å². The summed E-state index contributed by atoms with van der Waals surface area (Å²) in [4.78, 5) is 30.5. The van der Waals surface area contributed by atoms with Crippen molar-refractivity contribution in [3.05, 3.63) is 32.9 Å². The highest BCUT2D eigenvalue weighted by molar-refractivity contribution is 7.17. The lowest BCUT2D eigenvalue weighted by atomic mass is 9.84. The molecule has 0 aromatic carbocycles. The fourth-order valence-electron chi connectivity index (χ4n) is 3.67. The molecule has 2 aromatic heterocycles. The van der Waals surface area contributed by atoms with Crippen molar-refractivity contribution < 1.29 is 4.79 Å². The zero-order valence-corrected chi connectivity index (χ0v) is 13.3. The van der Waals surface area contributed by atoms with E-state index in [1.165, 1.54) is 11.3 Å². The Morgan fingerprint density at radius 2 is 2.18 bits per heavy atom. The summed E-state index contributed by atoms with van der Waals surface area (Å²) >= 11 is 1.40. The number of carbonyl (C=O) groups is 1. The number of rotatable bonds is 2. The third-order valence-corrected chi connectivity index (χ3v) is 6.10. The lowest BCUT2D eigenvalue weighted by molar-refractivity contribution is 0.0620. The SMILES string of the molecule is Cc1csc2c(=O)c(C(=O)NC3CN4CCC3CC4)c[nH]c12. The van der Waals surface area contributed by atoms with Gasteiger partial charge in [0, 0.05) is 18.8 Å². The van der Waals surface area contributed by atoms with Gasteiger partial charge < -0.3 is 15.2 Å². The van der Waals surface area contributed by atoms with Crippen molar-refractivity contribution in [1.29, 1.82) is 0 Å². The van der Waals surface area contributed by atoms with Crippen LogP contribution in [0, 0.1) is 12.8 Å². The molecule has 6 heteroatoms. The number of aromatic amines is 1. The predicted molar refractivity (Wildman–Crippen MR) is 87.6 cm³/mol. The molecular weight excluding hydrogens is 298 g/mol. The molecule has 116 valence electrons. The fraction of sp³-hybridized carbons (Fsp3) is 0.500. The van der Waals surface area contributed by atoms with Crippen LogP contribution in [0.5, 0.6) is 0 Å². The number of piperidine rings is 3. The van der Waals surface area contributed by atoms with Gasteiger partial charge in [-0.3, -0.25) is 9.59 Å². The zero-order chi connectivity index (χ0) is 15.3. The van der Waals surface area contributed by atoms with Crippen LogP contribution in [0.1, 0.15) is 28.8 Å². The number of amides is 1. The smallest absolute Gasteiger partial charge is 0.257 e. The van der Waals surface area contributed by atoms with Crippen molar-refractivity contribution in [3.8, 4) is 0 Å². The molecule has 1 unspecified atom stereocenters. The van der Waals surface area contributed by atoms with Crippen LogP contribution in [0.2, 0.25) is 0 Å². The molecule has 22 heavy (non-hydrogen) atoms. The summed E-state index contributed by atoms with van der Waals surface area (Å²) in [5, 5.41) is 5.03. The first kappa shape index (κ1) is 14.0. The van der Waals surface area contributed by atoms with Crippen LogP contribution in [-0.4, -0.2) is 41.5 Å². The minimum absolute atomic E-state index is 0.161. The van der Waals surface area contributed by atoms with E-state index in [2.05, 4.69) is 15.2 Å². The van der Waals surface area contributed by atoms with Crippen LogP contribution in [-0.2, 0) is 0 Å². The predicted octanol–water partition coefficient (Wildman–Crippen LogP) is 1.72. The van der Waals surface area contributed by atoms with Gasteiger partial charge in [-0.2, -0.15) is 0 Å². The number of nitrogens with one attached hydrogen (secondary N) is 2. The van der Waals surface area contributed by atoms with Gasteiger partial charge in [-0.1, -0.05) is 0 Å². The van der Waals surface area contributed by atoms with E-state index >= 15 is 0 Å². The topological polar surface area (TPSA) is 65.2 Å². The van der Waals surface area contributed by atoms with Crippen molar-refractivity contribution in [2.75, 3.05) is 19.6 Å². The van der Waals surface area contributed by atoms with E-state index in [-0.39, 0.29) is 22.9 Å². The third kappa shape index (κ3) is 2.18. The Morgan fingerprint density at radius 1 is 1.41 bits per heavy atom. The number of fused-ring (bicyclic) bond motifs is 4. The van der Waals surface area contributed by atoms with E-state index in [0.29, 0.717) is 10.6 Å². The van der Waals surface area contributed by atoms with Gasteiger partial charge in [-0.05, 0) is 49.7 Å². The molecule has 5 heterocycles. The fourth-order valence-corrected chi connectivity index (χ4v) is 4.63. The maximum Gasteiger partial charge on any atom is 0.257 e. The Hall–Kier alpha value is -1.66. The Kier molecular flexibility index (Phi) is 3.31. The first-order valence-electron chi connectivity index (χ1n) is 7.76. The van der Waals surface area contributed by atoms with E-state index in [9.17, 15) is 9.59 Å². The zero-order valence-electron chi connectivity index (χ0n) is 12.5. The second-order valence-corrected chi connectivity index (χ2v) is 7.25. The van der Waals surface area contributed by atoms with E-state index < -0.39 is 0 Å². The van der Waals surface area contributed by atoms with Crippen LogP contribution < -0.4 is 10.7 Å². The first-order valence-corrected chi connectivity index (χ1v) is 8.64. The molecule has 3 saturated heterocycles. The molecule has 3 aliphatic heterocycles. The van der Waals surface area contributed by atoms with Gasteiger partial charge in [-0.25, -0.2) is 0 Å². The van der Waals surface area contributed by atoms with Gasteiger partial charge in [0.25, 0.3) is 5.91 Å². The normalized spacial score (nSPS) is 27.2. The number of aromatic nitrogens is 1. The van der Waals surface area contributed by atoms with Crippen molar-refractivity contribution in [3.63, 3.8) is 0 Å². The molecule has 2 bridgehead atoms. The molecule has 0 saturated carbocycles. The number of carbonyl (C=O) groups excluding carboxylic acids is 1. The molecule has 0 radical (unpaired) electrons. The van der Waals surface area contributed by atoms with Crippen molar-refractivity contribution >= 4 is 27.5 Å². The number of aryl methyl sites for hydroxylation is 1. The lowest BCUT2D eigenvalue weighted by Crippen LogP contribution is -2.57. The maximum atomic E-state index is 12.5. The summed E-state index contributed by atoms with van der Waals surface area (Å²) in [5.74, 6) is 0.314. The number of hydrogen-bond donors (Lipinski definition) is 2. The number of thiophene rings is 1. The lowest BCUT2D eigenvalue weighted by Gasteiger charge is -2.44. The summed E-state index contributed by atoms with van der Waals surface area (Å²) in [7, 11) is 0. The van der Waals surface area contributed by atoms with Crippen molar-refractivity contribution in [1.82, 2.24) is 15.2 Å². The van der Waals surface area contributed by atoms with Gasteiger partial charge in [-0.15, -0.1) is 11.3 Å². The Balaban J connectivity index is 1.60. The molecule has 1 amide bonds. The number of hydrogen-bond acceptors (Lipinski definition) is 4. The standard InChI is InChI=1S/C16H19N3O2S/c1-9-8-22-15-13(9)17-6-11(14(15)20)16(21)18-12-7-19-4-2-10(12)3-5-19/h6,8,10,12H,2-5,7H2,1H3,(H,17,20)(H,18,21). The van der Waals surface area contributed by atoms with Gasteiger partial charge in [0.05, 0.1) is 10.2 Å². The van der Waals surface area contributed by atoms with Crippen LogP contribution in [0.3, 0.4) is 0 Å². The first-order chi connectivity index (χ1) is 10.6. The maximum absolute atomic E-state index is 12.5. The minimum Gasteiger partial charge on any atom is -0.359 e. The molecule has 5 nitrogen and oxygen atoms in total. The summed E-state index contributed by atoms with van der Waals surface area (Å²) in [6.07, 6.45) is 3.84. The van der Waals surface area contributed by atoms with Gasteiger partial charge >= 0.3 is 0 Å². The quantitative estimate of drug-likeness (QED) is 0.886. The van der Waals surface area contributed by atoms with Gasteiger partial charge in [0.1, 0.15) is 5.56 Å². The average molecular weight is 317 g/mol. The molecule has 2 aromatic rings. The molecule has 0 aliphatic carbocycles. The molecule has 3 aliphatic rings. The highest BCUT2D eigenvalue weighted by Crippen LogP contribution is 2.27. The second-order valence-electron chi connectivity index (χ2n) is 6.37. The highest BCUT2D eigenvalue weighted by Gasteiger charge is 2.35. The Labute approximate surface area is 132 Å². The van der Waals surface area contributed by atoms with Gasteiger partial charge in [0.15, 0.2) is 0 Å². The van der Waals surface area contributed by atoms with Gasteiger partial charge in [0.2, 0.25) is 5.43 Å². The Morgan fingerprint density at radius 3 is 2.86 bits per heavy atom. The summed E-state index contributed by atoms with van der Waals surface area (Å²) in [6, 6.07) is 0.176. The van der Waals surface area contributed by atoms with Crippen LogP contribution in [0.4, 0.5) is 0 Å². The molecule has 0 spiro atoms. The van der Waals surface area contributed by atoms with E-state index in [0.717, 1.165) is 43.6 Å². The summed E-state index contributed by atoms with van der Waals surface area (Å²) < 4.78 is 0.638. The van der Waals surface area contributed by atoms with Crippen LogP contribution in [0.25, 0.3) is 10.2 Å².